The molecule has 35 heavy (non-hydrogen) atoms. The average molecular weight is 463 g/mol. The standard InChI is InChI=1S/C29H26N4O2/c30-28(31)23-15-10-16-24(19-23)29(35)33(25-17-8-3-9-18-25)20-26(34)32-27(21-11-4-1-5-12-21)22-13-6-2-7-14-22/h1-19,27H,20H2,(H3,30,31)(H,32,34). The lowest BCUT2D eigenvalue weighted by atomic mass is 9.98. The van der Waals surface area contributed by atoms with E-state index in [9.17, 15) is 9.59 Å². The lowest BCUT2D eigenvalue weighted by molar-refractivity contribution is -0.120. The maximum absolute atomic E-state index is 13.5. The van der Waals surface area contributed by atoms with Gasteiger partial charge in [0.05, 0.1) is 6.04 Å². The Morgan fingerprint density at radius 1 is 0.743 bits per heavy atom. The number of rotatable bonds is 8. The molecule has 0 saturated heterocycles. The molecule has 0 aromatic heterocycles. The number of amides is 2. The molecule has 6 nitrogen and oxygen atoms in total. The number of hydrogen-bond donors (Lipinski definition) is 3. The van der Waals surface area contributed by atoms with Crippen molar-refractivity contribution in [3.8, 4) is 0 Å². The fraction of sp³-hybridized carbons (Fsp3) is 0.0690. The molecule has 0 saturated carbocycles. The predicted molar refractivity (Wildman–Crippen MR) is 138 cm³/mol. The molecule has 6 heteroatoms. The highest BCUT2D eigenvalue weighted by molar-refractivity contribution is 6.10. The number of anilines is 1. The molecule has 0 fully saturated rings. The van der Waals surface area contributed by atoms with E-state index in [-0.39, 0.29) is 30.2 Å². The Kier molecular flexibility index (Phi) is 7.33. The van der Waals surface area contributed by atoms with E-state index in [1.54, 1.807) is 36.4 Å². The van der Waals surface area contributed by atoms with E-state index < -0.39 is 0 Å². The largest absolute Gasteiger partial charge is 0.384 e. The molecular weight excluding hydrogens is 436 g/mol. The van der Waals surface area contributed by atoms with E-state index in [2.05, 4.69) is 5.32 Å². The van der Waals surface area contributed by atoms with Crippen LogP contribution in [0.15, 0.2) is 115 Å². The predicted octanol–water partition coefficient (Wildman–Crippen LogP) is 4.52. The first-order valence-corrected chi connectivity index (χ1v) is 11.2. The van der Waals surface area contributed by atoms with Gasteiger partial charge in [-0.25, -0.2) is 0 Å². The number of nitrogens with two attached hydrogens (primary N) is 1. The third kappa shape index (κ3) is 5.81. The molecule has 0 spiro atoms. The van der Waals surface area contributed by atoms with Crippen LogP contribution in [0.2, 0.25) is 0 Å². The van der Waals surface area contributed by atoms with Gasteiger partial charge in [0.15, 0.2) is 0 Å². The van der Waals surface area contributed by atoms with Crippen LogP contribution in [0.4, 0.5) is 5.69 Å². The third-order valence-electron chi connectivity index (χ3n) is 5.61. The smallest absolute Gasteiger partial charge is 0.258 e. The maximum atomic E-state index is 13.5. The first kappa shape index (κ1) is 23.4. The summed E-state index contributed by atoms with van der Waals surface area (Å²) in [6.45, 7) is -0.177. The van der Waals surface area contributed by atoms with E-state index >= 15 is 0 Å². The number of nitrogens with zero attached hydrogens (tertiary/aromatic N) is 1. The van der Waals surface area contributed by atoms with Gasteiger partial charge in [-0.3, -0.25) is 19.9 Å². The summed E-state index contributed by atoms with van der Waals surface area (Å²) < 4.78 is 0. The molecule has 0 radical (unpaired) electrons. The van der Waals surface area contributed by atoms with E-state index in [0.29, 0.717) is 16.8 Å². The van der Waals surface area contributed by atoms with E-state index in [1.807, 2.05) is 78.9 Å². The molecule has 174 valence electrons. The quantitative estimate of drug-likeness (QED) is 0.265. The molecular formula is C29H26N4O2. The first-order valence-electron chi connectivity index (χ1n) is 11.2. The molecule has 4 N–H and O–H groups in total. The minimum atomic E-state index is -0.362. The number of amidine groups is 1. The number of nitrogens with one attached hydrogen (secondary N) is 2. The van der Waals surface area contributed by atoms with Crippen LogP contribution in [0.3, 0.4) is 0 Å². The van der Waals surface area contributed by atoms with Gasteiger partial charge in [-0.15, -0.1) is 0 Å². The molecule has 2 amide bonds. The van der Waals surface area contributed by atoms with Crippen LogP contribution in [-0.2, 0) is 4.79 Å². The third-order valence-corrected chi connectivity index (χ3v) is 5.61. The van der Waals surface area contributed by atoms with Crippen molar-refractivity contribution in [1.29, 1.82) is 5.41 Å². The van der Waals surface area contributed by atoms with Gasteiger partial charge in [0.25, 0.3) is 5.91 Å². The fourth-order valence-electron chi connectivity index (χ4n) is 3.86. The van der Waals surface area contributed by atoms with Crippen molar-refractivity contribution in [3.05, 3.63) is 138 Å². The van der Waals surface area contributed by atoms with Gasteiger partial charge in [0.2, 0.25) is 5.91 Å². The Hall–Kier alpha value is -4.71. The zero-order chi connectivity index (χ0) is 24.6. The molecule has 0 aliphatic rings. The highest BCUT2D eigenvalue weighted by Gasteiger charge is 2.23. The molecule has 4 aromatic rings. The Balaban J connectivity index is 1.63. The zero-order valence-corrected chi connectivity index (χ0v) is 19.1. The van der Waals surface area contributed by atoms with Crippen molar-refractivity contribution in [2.45, 2.75) is 6.04 Å². The summed E-state index contributed by atoms with van der Waals surface area (Å²) in [6.07, 6.45) is 0. The van der Waals surface area contributed by atoms with Gasteiger partial charge in [0.1, 0.15) is 12.4 Å². The van der Waals surface area contributed by atoms with Crippen molar-refractivity contribution in [2.75, 3.05) is 11.4 Å². The minimum Gasteiger partial charge on any atom is -0.384 e. The summed E-state index contributed by atoms with van der Waals surface area (Å²) in [5.74, 6) is -0.787. The van der Waals surface area contributed by atoms with Crippen LogP contribution >= 0.6 is 0 Å². The van der Waals surface area contributed by atoms with Crippen LogP contribution in [0, 0.1) is 5.41 Å². The molecule has 0 aliphatic carbocycles. The lowest BCUT2D eigenvalue weighted by Gasteiger charge is -2.25. The lowest BCUT2D eigenvalue weighted by Crippen LogP contribution is -2.42. The van der Waals surface area contributed by atoms with Gasteiger partial charge in [0, 0.05) is 16.8 Å². The van der Waals surface area contributed by atoms with Crippen LogP contribution in [0.5, 0.6) is 0 Å². The number of benzene rings is 4. The van der Waals surface area contributed by atoms with Crippen molar-refractivity contribution in [1.82, 2.24) is 5.32 Å². The number of carbonyl (C=O) groups is 2. The summed E-state index contributed by atoms with van der Waals surface area (Å²) in [6, 6.07) is 34.7. The van der Waals surface area contributed by atoms with Crippen molar-refractivity contribution >= 4 is 23.3 Å². The summed E-state index contributed by atoms with van der Waals surface area (Å²) in [5, 5.41) is 10.8. The number of nitrogen functional groups attached to an aromatic ring is 1. The Morgan fingerprint density at radius 2 is 1.26 bits per heavy atom. The maximum Gasteiger partial charge on any atom is 0.258 e. The van der Waals surface area contributed by atoms with Crippen molar-refractivity contribution in [2.24, 2.45) is 5.73 Å². The van der Waals surface area contributed by atoms with Crippen molar-refractivity contribution < 1.29 is 9.59 Å². The monoisotopic (exact) mass is 462 g/mol. The van der Waals surface area contributed by atoms with Gasteiger partial charge in [-0.05, 0) is 35.4 Å². The van der Waals surface area contributed by atoms with E-state index in [1.165, 1.54) is 4.90 Å². The van der Waals surface area contributed by atoms with Crippen LogP contribution < -0.4 is 16.0 Å². The summed E-state index contributed by atoms with van der Waals surface area (Å²) in [7, 11) is 0. The molecule has 0 unspecified atom stereocenters. The van der Waals surface area contributed by atoms with Crippen LogP contribution in [0.1, 0.15) is 33.1 Å². The van der Waals surface area contributed by atoms with E-state index in [0.717, 1.165) is 11.1 Å². The molecule has 0 atom stereocenters. The molecule has 0 heterocycles. The van der Waals surface area contributed by atoms with Gasteiger partial charge >= 0.3 is 0 Å². The van der Waals surface area contributed by atoms with Gasteiger partial charge < -0.3 is 11.1 Å². The van der Waals surface area contributed by atoms with Crippen LogP contribution in [0.25, 0.3) is 0 Å². The number of carbonyl (C=O) groups excluding carboxylic acids is 2. The average Bonchev–Trinajstić information content (AvgIpc) is 2.91. The topological polar surface area (TPSA) is 99.3 Å². The second kappa shape index (κ2) is 10.9. The normalized spacial score (nSPS) is 10.5. The highest BCUT2D eigenvalue weighted by Crippen LogP contribution is 2.23. The van der Waals surface area contributed by atoms with Gasteiger partial charge in [-0.1, -0.05) is 91.0 Å². The molecule has 0 aliphatic heterocycles. The zero-order valence-electron chi connectivity index (χ0n) is 19.1. The Morgan fingerprint density at radius 3 is 1.80 bits per heavy atom. The number of para-hydroxylation sites is 1. The summed E-state index contributed by atoms with van der Waals surface area (Å²) >= 11 is 0. The van der Waals surface area contributed by atoms with Crippen molar-refractivity contribution in [3.63, 3.8) is 0 Å². The van der Waals surface area contributed by atoms with Crippen LogP contribution in [-0.4, -0.2) is 24.2 Å². The van der Waals surface area contributed by atoms with E-state index in [4.69, 9.17) is 11.1 Å². The fourth-order valence-corrected chi connectivity index (χ4v) is 3.86. The molecule has 4 aromatic carbocycles. The first-order chi connectivity index (χ1) is 17.0. The summed E-state index contributed by atoms with van der Waals surface area (Å²) in [4.78, 5) is 28.3. The minimum absolute atomic E-state index is 0.128. The highest BCUT2D eigenvalue weighted by atomic mass is 16.2. The Labute approximate surface area is 204 Å². The molecule has 4 rings (SSSR count). The second-order valence-electron chi connectivity index (χ2n) is 8.04. The SMILES string of the molecule is N=C(N)c1cccc(C(=O)N(CC(=O)NC(c2ccccc2)c2ccccc2)c2ccccc2)c1. The Bertz CT molecular complexity index is 1270. The number of hydrogen-bond acceptors (Lipinski definition) is 3. The second-order valence-corrected chi connectivity index (χ2v) is 8.04. The van der Waals surface area contributed by atoms with Gasteiger partial charge in [-0.2, -0.15) is 0 Å². The molecule has 0 bridgehead atoms. The summed E-state index contributed by atoms with van der Waals surface area (Å²) in [5.41, 5.74) is 8.88.